The zero-order valence-electron chi connectivity index (χ0n) is 15.1. The smallest absolute Gasteiger partial charge is 0.251 e. The highest BCUT2D eigenvalue weighted by Crippen LogP contribution is 2.22. The molecule has 0 radical (unpaired) electrons. The molecule has 0 aliphatic heterocycles. The second-order valence-electron chi connectivity index (χ2n) is 6.32. The maximum atomic E-state index is 12.4. The predicted molar refractivity (Wildman–Crippen MR) is 101 cm³/mol. The van der Waals surface area contributed by atoms with E-state index in [2.05, 4.69) is 10.4 Å². The highest BCUT2D eigenvalue weighted by Gasteiger charge is 2.17. The number of amides is 1. The molecule has 0 aliphatic rings. The zero-order chi connectivity index (χ0) is 18.7. The Labute approximate surface area is 152 Å². The van der Waals surface area contributed by atoms with Crippen molar-refractivity contribution in [1.82, 2.24) is 15.1 Å². The molecule has 0 fully saturated rings. The summed E-state index contributed by atoms with van der Waals surface area (Å²) < 4.78 is 1.90. The molecule has 1 atom stereocenters. The van der Waals surface area contributed by atoms with Gasteiger partial charge in [0.2, 0.25) is 0 Å². The van der Waals surface area contributed by atoms with Crippen molar-refractivity contribution in [2.24, 2.45) is 0 Å². The number of aromatic nitrogens is 2. The van der Waals surface area contributed by atoms with Crippen molar-refractivity contribution in [1.29, 1.82) is 0 Å². The number of carbonyl (C=O) groups excluding carboxylic acids is 2. The average Bonchev–Trinajstić information content (AvgIpc) is 3.03. The number of para-hydroxylation sites is 1. The van der Waals surface area contributed by atoms with Gasteiger partial charge >= 0.3 is 0 Å². The first-order valence-corrected chi connectivity index (χ1v) is 8.48. The van der Waals surface area contributed by atoms with Crippen LogP contribution in [0.3, 0.4) is 0 Å². The van der Waals surface area contributed by atoms with Crippen LogP contribution in [0.4, 0.5) is 0 Å². The van der Waals surface area contributed by atoms with Gasteiger partial charge in [0.25, 0.3) is 5.91 Å². The van der Waals surface area contributed by atoms with E-state index >= 15 is 0 Å². The molecule has 0 saturated heterocycles. The van der Waals surface area contributed by atoms with E-state index in [1.54, 1.807) is 30.5 Å². The minimum absolute atomic E-state index is 0.182. The van der Waals surface area contributed by atoms with E-state index in [1.807, 2.05) is 49.7 Å². The van der Waals surface area contributed by atoms with Gasteiger partial charge in [0.05, 0.1) is 17.9 Å². The quantitative estimate of drug-likeness (QED) is 0.714. The molecule has 5 heteroatoms. The lowest BCUT2D eigenvalue weighted by atomic mass is 10.1. The van der Waals surface area contributed by atoms with Crippen molar-refractivity contribution in [2.45, 2.75) is 26.8 Å². The first-order chi connectivity index (χ1) is 12.5. The Balaban J connectivity index is 1.80. The van der Waals surface area contributed by atoms with Crippen LogP contribution in [0, 0.1) is 13.8 Å². The summed E-state index contributed by atoms with van der Waals surface area (Å²) in [5.74, 6) is -0.182. The van der Waals surface area contributed by atoms with E-state index in [0.29, 0.717) is 11.1 Å². The molecule has 26 heavy (non-hydrogen) atoms. The lowest BCUT2D eigenvalue weighted by Crippen LogP contribution is -2.27. The molecular weight excluding hydrogens is 326 g/mol. The van der Waals surface area contributed by atoms with Gasteiger partial charge in [0.1, 0.15) is 6.29 Å². The molecular formula is C21H21N3O2. The normalized spacial score (nSPS) is 11.8. The highest BCUT2D eigenvalue weighted by atomic mass is 16.1. The standard InChI is InChI=1S/C21H21N3O2/c1-14-6-4-5-7-20(14)24-16(3)19(12-22-24)15(2)23-21(26)18-10-8-17(13-25)9-11-18/h4-13,15H,1-3H3,(H,23,26)/t15-/m0/s1. The molecule has 1 N–H and O–H groups in total. The van der Waals surface area contributed by atoms with Crippen molar-refractivity contribution >= 4 is 12.2 Å². The van der Waals surface area contributed by atoms with Crippen LogP contribution in [-0.2, 0) is 0 Å². The van der Waals surface area contributed by atoms with Crippen LogP contribution in [-0.4, -0.2) is 22.0 Å². The summed E-state index contributed by atoms with van der Waals surface area (Å²) in [6.07, 6.45) is 2.55. The Bertz CT molecular complexity index is 942. The zero-order valence-corrected chi connectivity index (χ0v) is 15.1. The van der Waals surface area contributed by atoms with Crippen LogP contribution in [0.25, 0.3) is 5.69 Å². The van der Waals surface area contributed by atoms with Crippen molar-refractivity contribution in [2.75, 3.05) is 0 Å². The SMILES string of the molecule is Cc1ccccc1-n1ncc([C@H](C)NC(=O)c2ccc(C=O)cc2)c1C. The molecule has 0 aliphatic carbocycles. The number of hydrogen-bond donors (Lipinski definition) is 1. The molecule has 1 aromatic heterocycles. The van der Waals surface area contributed by atoms with Gasteiger partial charge in [0, 0.05) is 22.4 Å². The van der Waals surface area contributed by atoms with Gasteiger partial charge in [-0.2, -0.15) is 5.10 Å². The van der Waals surface area contributed by atoms with E-state index in [9.17, 15) is 9.59 Å². The van der Waals surface area contributed by atoms with Crippen LogP contribution in [0.5, 0.6) is 0 Å². The van der Waals surface area contributed by atoms with Crippen molar-refractivity contribution in [3.63, 3.8) is 0 Å². The van der Waals surface area contributed by atoms with Crippen LogP contribution >= 0.6 is 0 Å². The second kappa shape index (κ2) is 7.35. The maximum Gasteiger partial charge on any atom is 0.251 e. The first-order valence-electron chi connectivity index (χ1n) is 8.48. The number of aldehydes is 1. The molecule has 3 aromatic rings. The number of nitrogens with zero attached hydrogens (tertiary/aromatic N) is 2. The molecule has 3 rings (SSSR count). The molecule has 1 amide bonds. The van der Waals surface area contributed by atoms with E-state index < -0.39 is 0 Å². The monoisotopic (exact) mass is 347 g/mol. The van der Waals surface area contributed by atoms with Gasteiger partial charge in [-0.3, -0.25) is 9.59 Å². The number of nitrogens with one attached hydrogen (secondary N) is 1. The Kier molecular flexibility index (Phi) is 4.98. The fraction of sp³-hybridized carbons (Fsp3) is 0.190. The van der Waals surface area contributed by atoms with Crippen LogP contribution < -0.4 is 5.32 Å². The minimum Gasteiger partial charge on any atom is -0.345 e. The Morgan fingerprint density at radius 3 is 2.46 bits per heavy atom. The van der Waals surface area contributed by atoms with Crippen molar-refractivity contribution in [3.05, 3.63) is 82.7 Å². The number of benzene rings is 2. The lowest BCUT2D eigenvalue weighted by Gasteiger charge is -2.15. The summed E-state index contributed by atoms with van der Waals surface area (Å²) in [6.45, 7) is 5.98. The molecule has 5 nitrogen and oxygen atoms in total. The van der Waals surface area contributed by atoms with Gasteiger partial charge in [-0.05, 0) is 44.5 Å². The Hall–Kier alpha value is -3.21. The summed E-state index contributed by atoms with van der Waals surface area (Å²) in [5, 5.41) is 7.49. The maximum absolute atomic E-state index is 12.4. The third-order valence-electron chi connectivity index (χ3n) is 4.51. The third kappa shape index (κ3) is 3.42. The molecule has 0 bridgehead atoms. The van der Waals surface area contributed by atoms with Gasteiger partial charge in [-0.25, -0.2) is 4.68 Å². The van der Waals surface area contributed by atoms with Gasteiger partial charge in [-0.1, -0.05) is 30.3 Å². The average molecular weight is 347 g/mol. The van der Waals surface area contributed by atoms with Crippen LogP contribution in [0.2, 0.25) is 0 Å². The fourth-order valence-corrected chi connectivity index (χ4v) is 2.96. The lowest BCUT2D eigenvalue weighted by molar-refractivity contribution is 0.0939. The molecule has 0 unspecified atom stereocenters. The van der Waals surface area contributed by atoms with E-state index in [1.165, 1.54) is 0 Å². The predicted octanol–water partition coefficient (Wildman–Crippen LogP) is 3.79. The Morgan fingerprint density at radius 1 is 1.12 bits per heavy atom. The summed E-state index contributed by atoms with van der Waals surface area (Å²) in [6, 6.07) is 14.4. The second-order valence-corrected chi connectivity index (χ2v) is 6.32. The molecule has 0 spiro atoms. The summed E-state index contributed by atoms with van der Waals surface area (Å²) in [5.41, 5.74) is 5.18. The van der Waals surface area contributed by atoms with E-state index in [-0.39, 0.29) is 11.9 Å². The number of hydrogen-bond acceptors (Lipinski definition) is 3. The first kappa shape index (κ1) is 17.6. The van der Waals surface area contributed by atoms with E-state index in [0.717, 1.165) is 28.8 Å². The molecule has 0 saturated carbocycles. The largest absolute Gasteiger partial charge is 0.345 e. The minimum atomic E-state index is -0.189. The Morgan fingerprint density at radius 2 is 1.81 bits per heavy atom. The summed E-state index contributed by atoms with van der Waals surface area (Å²) >= 11 is 0. The van der Waals surface area contributed by atoms with Crippen LogP contribution in [0.15, 0.2) is 54.7 Å². The fourth-order valence-electron chi connectivity index (χ4n) is 2.96. The molecule has 132 valence electrons. The van der Waals surface area contributed by atoms with Crippen LogP contribution in [0.1, 0.15) is 50.5 Å². The van der Waals surface area contributed by atoms with Gasteiger partial charge in [-0.15, -0.1) is 0 Å². The number of rotatable bonds is 5. The third-order valence-corrected chi connectivity index (χ3v) is 4.51. The molecule has 2 aromatic carbocycles. The molecule has 1 heterocycles. The summed E-state index contributed by atoms with van der Waals surface area (Å²) in [4.78, 5) is 23.2. The van der Waals surface area contributed by atoms with Gasteiger partial charge in [0.15, 0.2) is 0 Å². The summed E-state index contributed by atoms with van der Waals surface area (Å²) in [7, 11) is 0. The number of carbonyl (C=O) groups is 2. The number of aryl methyl sites for hydroxylation is 1. The van der Waals surface area contributed by atoms with Gasteiger partial charge < -0.3 is 5.32 Å². The van der Waals surface area contributed by atoms with E-state index in [4.69, 9.17) is 0 Å². The van der Waals surface area contributed by atoms with Crippen molar-refractivity contribution in [3.8, 4) is 5.69 Å². The highest BCUT2D eigenvalue weighted by molar-refractivity contribution is 5.95. The van der Waals surface area contributed by atoms with Crippen molar-refractivity contribution < 1.29 is 9.59 Å². The topological polar surface area (TPSA) is 64.0 Å².